The molecule has 0 bridgehead atoms. The minimum atomic E-state index is 0.499. The van der Waals surface area contributed by atoms with Crippen molar-refractivity contribution in [3.05, 3.63) is 41.1 Å². The second kappa shape index (κ2) is 3.73. The van der Waals surface area contributed by atoms with Crippen LogP contribution >= 0.6 is 0 Å². The quantitative estimate of drug-likeness (QED) is 0.799. The van der Waals surface area contributed by atoms with Crippen LogP contribution in [0.1, 0.15) is 16.7 Å². The summed E-state index contributed by atoms with van der Waals surface area (Å²) in [4.78, 5) is 0. The lowest BCUT2D eigenvalue weighted by Gasteiger charge is -2.03. The van der Waals surface area contributed by atoms with Gasteiger partial charge in [0.2, 0.25) is 0 Å². The fourth-order valence-corrected chi connectivity index (χ4v) is 2.04. The van der Waals surface area contributed by atoms with Crippen molar-refractivity contribution in [3.8, 4) is 11.3 Å². The molecule has 4 nitrogen and oxygen atoms in total. The number of benzene rings is 1. The molecule has 0 fully saturated rings. The highest BCUT2D eigenvalue weighted by atomic mass is 16.5. The molecule has 0 amide bonds. The van der Waals surface area contributed by atoms with Crippen molar-refractivity contribution in [1.82, 2.24) is 10.2 Å². The van der Waals surface area contributed by atoms with Gasteiger partial charge in [-0.3, -0.25) is 5.10 Å². The van der Waals surface area contributed by atoms with Gasteiger partial charge in [0.25, 0.3) is 0 Å². The number of aromatic nitrogens is 2. The van der Waals surface area contributed by atoms with Crippen LogP contribution in [0.5, 0.6) is 0 Å². The highest BCUT2D eigenvalue weighted by Crippen LogP contribution is 2.27. The molecule has 2 aromatic rings. The summed E-state index contributed by atoms with van der Waals surface area (Å²) in [5, 5.41) is 7.02. The maximum absolute atomic E-state index is 5.66. The second-order valence-electron chi connectivity index (χ2n) is 3.95. The molecule has 0 atom stereocenters. The molecule has 0 unspecified atom stereocenters. The number of ether oxygens (including phenoxy) is 1. The highest BCUT2D eigenvalue weighted by molar-refractivity contribution is 5.64. The van der Waals surface area contributed by atoms with E-state index in [9.17, 15) is 0 Å². The third-order valence-electron chi connectivity index (χ3n) is 2.95. The first-order chi connectivity index (χ1) is 7.88. The van der Waals surface area contributed by atoms with Crippen LogP contribution in [-0.4, -0.2) is 10.2 Å². The highest BCUT2D eigenvalue weighted by Gasteiger charge is 2.13. The minimum Gasteiger partial charge on any atom is -0.372 e. The van der Waals surface area contributed by atoms with E-state index in [2.05, 4.69) is 28.4 Å². The van der Waals surface area contributed by atoms with Crippen molar-refractivity contribution in [2.24, 2.45) is 5.73 Å². The Bertz CT molecular complexity index is 519. The third kappa shape index (κ3) is 1.43. The molecule has 82 valence electrons. The lowest BCUT2D eigenvalue weighted by atomic mass is 10.0. The third-order valence-corrected chi connectivity index (χ3v) is 2.95. The Hall–Kier alpha value is -1.65. The molecule has 16 heavy (non-hydrogen) atoms. The summed E-state index contributed by atoms with van der Waals surface area (Å²) >= 11 is 0. The molecule has 0 spiro atoms. The molecular weight excluding hydrogens is 202 g/mol. The zero-order valence-electron chi connectivity index (χ0n) is 8.86. The van der Waals surface area contributed by atoms with Crippen LogP contribution in [0.4, 0.5) is 0 Å². The average molecular weight is 215 g/mol. The van der Waals surface area contributed by atoms with Crippen molar-refractivity contribution in [2.45, 2.75) is 19.8 Å². The Morgan fingerprint density at radius 1 is 1.31 bits per heavy atom. The summed E-state index contributed by atoms with van der Waals surface area (Å²) in [6.45, 7) is 1.93. The molecule has 0 aliphatic carbocycles. The molecule has 3 rings (SSSR count). The molecule has 1 aromatic carbocycles. The van der Waals surface area contributed by atoms with Gasteiger partial charge in [0.1, 0.15) is 0 Å². The molecule has 0 radical (unpaired) electrons. The molecular formula is C12H13N3O. The van der Waals surface area contributed by atoms with E-state index in [0.717, 1.165) is 23.4 Å². The first-order valence-electron chi connectivity index (χ1n) is 5.30. The first kappa shape index (κ1) is 9.57. The average Bonchev–Trinajstić information content (AvgIpc) is 2.96. The van der Waals surface area contributed by atoms with Gasteiger partial charge in [-0.25, -0.2) is 0 Å². The molecule has 4 heteroatoms. The molecule has 0 saturated heterocycles. The lowest BCUT2D eigenvalue weighted by Crippen LogP contribution is -1.97. The van der Waals surface area contributed by atoms with Crippen molar-refractivity contribution < 1.29 is 4.74 Å². The standard InChI is InChI=1S/C12H13N3O/c13-4-11-5-14-15-12(11)8-1-2-9-6-16-7-10(9)3-8/h1-3,5H,4,6-7,13H2,(H,14,15). The number of nitrogens with zero attached hydrogens (tertiary/aromatic N) is 1. The van der Waals surface area contributed by atoms with Crippen LogP contribution < -0.4 is 5.73 Å². The van der Waals surface area contributed by atoms with Crippen molar-refractivity contribution in [3.63, 3.8) is 0 Å². The fraction of sp³-hybridized carbons (Fsp3) is 0.250. The topological polar surface area (TPSA) is 63.9 Å². The van der Waals surface area contributed by atoms with E-state index in [1.165, 1.54) is 11.1 Å². The van der Waals surface area contributed by atoms with E-state index in [-0.39, 0.29) is 0 Å². The van der Waals surface area contributed by atoms with Gasteiger partial charge in [-0.2, -0.15) is 5.10 Å². The Morgan fingerprint density at radius 2 is 2.19 bits per heavy atom. The Labute approximate surface area is 93.4 Å². The second-order valence-corrected chi connectivity index (χ2v) is 3.95. The summed E-state index contributed by atoms with van der Waals surface area (Å²) in [6.07, 6.45) is 1.78. The normalized spacial score (nSPS) is 14.1. The van der Waals surface area contributed by atoms with E-state index in [1.54, 1.807) is 6.20 Å². The van der Waals surface area contributed by atoms with Gasteiger partial charge in [0.05, 0.1) is 25.1 Å². The smallest absolute Gasteiger partial charge is 0.0725 e. The number of hydrogen-bond donors (Lipinski definition) is 2. The van der Waals surface area contributed by atoms with Gasteiger partial charge in [0, 0.05) is 17.7 Å². The van der Waals surface area contributed by atoms with Gasteiger partial charge in [-0.15, -0.1) is 0 Å². The van der Waals surface area contributed by atoms with Gasteiger partial charge in [-0.05, 0) is 17.2 Å². The lowest BCUT2D eigenvalue weighted by molar-refractivity contribution is 0.134. The van der Waals surface area contributed by atoms with Gasteiger partial charge in [-0.1, -0.05) is 12.1 Å². The summed E-state index contributed by atoms with van der Waals surface area (Å²) in [7, 11) is 0. The molecule has 3 N–H and O–H groups in total. The number of nitrogens with two attached hydrogens (primary N) is 1. The maximum atomic E-state index is 5.66. The molecule has 1 aliphatic heterocycles. The van der Waals surface area contributed by atoms with Crippen LogP contribution in [0.25, 0.3) is 11.3 Å². The monoisotopic (exact) mass is 215 g/mol. The number of aromatic amines is 1. The largest absolute Gasteiger partial charge is 0.372 e. The van der Waals surface area contributed by atoms with Crippen LogP contribution in [0.2, 0.25) is 0 Å². The van der Waals surface area contributed by atoms with Crippen LogP contribution in [0.3, 0.4) is 0 Å². The SMILES string of the molecule is NCc1cn[nH]c1-c1ccc2c(c1)COC2. The number of nitrogens with one attached hydrogen (secondary N) is 1. The number of fused-ring (bicyclic) bond motifs is 1. The number of rotatable bonds is 2. The molecule has 0 saturated carbocycles. The summed E-state index contributed by atoms with van der Waals surface area (Å²) < 4.78 is 5.39. The predicted molar refractivity (Wildman–Crippen MR) is 60.4 cm³/mol. The molecule has 2 heterocycles. The van der Waals surface area contributed by atoms with Crippen molar-refractivity contribution >= 4 is 0 Å². The zero-order valence-corrected chi connectivity index (χ0v) is 8.86. The van der Waals surface area contributed by atoms with Gasteiger partial charge in [0.15, 0.2) is 0 Å². The molecule has 1 aromatic heterocycles. The Morgan fingerprint density at radius 3 is 3.06 bits per heavy atom. The van der Waals surface area contributed by atoms with Crippen LogP contribution in [-0.2, 0) is 24.5 Å². The summed E-state index contributed by atoms with van der Waals surface area (Å²) in [5.41, 5.74) is 11.4. The summed E-state index contributed by atoms with van der Waals surface area (Å²) in [6, 6.07) is 6.34. The fourth-order valence-electron chi connectivity index (χ4n) is 2.04. The predicted octanol–water partition coefficient (Wildman–Crippen LogP) is 1.57. The first-order valence-corrected chi connectivity index (χ1v) is 5.30. The van der Waals surface area contributed by atoms with Crippen molar-refractivity contribution in [1.29, 1.82) is 0 Å². The van der Waals surface area contributed by atoms with Crippen molar-refractivity contribution in [2.75, 3.05) is 0 Å². The Kier molecular flexibility index (Phi) is 2.23. The van der Waals surface area contributed by atoms with E-state index in [0.29, 0.717) is 13.2 Å². The Balaban J connectivity index is 2.07. The van der Waals surface area contributed by atoms with E-state index in [1.807, 2.05) is 0 Å². The summed E-state index contributed by atoms with van der Waals surface area (Å²) in [5.74, 6) is 0. The minimum absolute atomic E-state index is 0.499. The molecule has 1 aliphatic rings. The van der Waals surface area contributed by atoms with Gasteiger partial charge >= 0.3 is 0 Å². The zero-order chi connectivity index (χ0) is 11.0. The van der Waals surface area contributed by atoms with Gasteiger partial charge < -0.3 is 10.5 Å². The van der Waals surface area contributed by atoms with E-state index >= 15 is 0 Å². The number of H-pyrrole nitrogens is 1. The number of hydrogen-bond acceptors (Lipinski definition) is 3. The van der Waals surface area contributed by atoms with Crippen LogP contribution in [0, 0.1) is 0 Å². The van der Waals surface area contributed by atoms with E-state index < -0.39 is 0 Å². The van der Waals surface area contributed by atoms with Crippen LogP contribution in [0.15, 0.2) is 24.4 Å². The maximum Gasteiger partial charge on any atom is 0.0725 e. The van der Waals surface area contributed by atoms with E-state index in [4.69, 9.17) is 10.5 Å².